The van der Waals surface area contributed by atoms with Crippen LogP contribution in [0.2, 0.25) is 5.54 Å². The number of hydrogen-bond acceptors (Lipinski definition) is 1. The fourth-order valence-electron chi connectivity index (χ4n) is 3.49. The first-order chi connectivity index (χ1) is 11.0. The fourth-order valence-corrected chi connectivity index (χ4v) is 4.72. The molecule has 1 nitrogen and oxygen atoms in total. The van der Waals surface area contributed by atoms with Gasteiger partial charge in [0.1, 0.15) is 0 Å². The van der Waals surface area contributed by atoms with E-state index in [2.05, 4.69) is 27.7 Å². The first-order valence-corrected chi connectivity index (χ1v) is 12.4. The minimum absolute atomic E-state index is 0.339. The predicted molar refractivity (Wildman–Crippen MR) is 111 cm³/mol. The van der Waals surface area contributed by atoms with Crippen LogP contribution in [-0.4, -0.2) is 9.68 Å². The van der Waals surface area contributed by atoms with Crippen molar-refractivity contribution < 1.29 is 0 Å². The van der Waals surface area contributed by atoms with E-state index in [-0.39, 0.29) is 9.68 Å². The van der Waals surface area contributed by atoms with E-state index in [1.165, 1.54) is 96.3 Å². The van der Waals surface area contributed by atoms with Crippen molar-refractivity contribution in [3.05, 3.63) is 0 Å². The van der Waals surface area contributed by atoms with Gasteiger partial charge in [0, 0.05) is 0 Å². The van der Waals surface area contributed by atoms with E-state index < -0.39 is 0 Å². The van der Waals surface area contributed by atoms with E-state index in [9.17, 15) is 0 Å². The molecule has 0 aromatic carbocycles. The maximum Gasteiger partial charge on any atom is 0.0924 e. The average molecular weight is 342 g/mol. The minimum atomic E-state index is -0.339. The fraction of sp³-hybridized carbons (Fsp3) is 1.00. The summed E-state index contributed by atoms with van der Waals surface area (Å²) in [5.74, 6) is 0. The molecule has 0 radical (unpaired) electrons. The molecule has 0 aromatic rings. The zero-order valence-electron chi connectivity index (χ0n) is 17.0. The molecule has 1 atom stereocenters. The van der Waals surface area contributed by atoms with Crippen molar-refractivity contribution in [2.45, 2.75) is 130 Å². The molecule has 2 heteroatoms. The van der Waals surface area contributed by atoms with Gasteiger partial charge in [0.25, 0.3) is 0 Å². The molecule has 0 fully saturated rings. The Morgan fingerprint density at radius 1 is 0.652 bits per heavy atom. The number of rotatable bonds is 16. The van der Waals surface area contributed by atoms with Crippen molar-refractivity contribution in [2.24, 2.45) is 10.8 Å². The standard InChI is InChI=1S/C21H47NSi/c1-5-6-7-8-9-10-11-12-13-14-15-16-17-18-19-20(23-22)21(2,3)4/h20H,5-19,22-23H2,1-4H3. The quantitative estimate of drug-likeness (QED) is 0.244. The molecular formula is C21H47NSi. The van der Waals surface area contributed by atoms with E-state index >= 15 is 0 Å². The highest BCUT2D eigenvalue weighted by atomic mass is 28.2. The molecule has 0 saturated carbocycles. The summed E-state index contributed by atoms with van der Waals surface area (Å²) in [5.41, 5.74) is 1.28. The van der Waals surface area contributed by atoms with Gasteiger partial charge in [-0.3, -0.25) is 0 Å². The molecule has 0 saturated heterocycles. The lowest BCUT2D eigenvalue weighted by atomic mass is 9.88. The van der Waals surface area contributed by atoms with E-state index in [0.29, 0.717) is 5.41 Å². The Balaban J connectivity index is 3.22. The van der Waals surface area contributed by atoms with Crippen LogP contribution in [0.15, 0.2) is 0 Å². The molecule has 140 valence electrons. The molecule has 0 aromatic heterocycles. The molecule has 23 heavy (non-hydrogen) atoms. The molecule has 0 heterocycles. The SMILES string of the molecule is CCCCCCCCCCCCCCCCC([SiH2]N)C(C)(C)C. The number of hydrogen-bond donors (Lipinski definition) is 1. The Morgan fingerprint density at radius 2 is 1.00 bits per heavy atom. The Morgan fingerprint density at radius 3 is 1.30 bits per heavy atom. The normalized spacial score (nSPS) is 14.0. The summed E-state index contributed by atoms with van der Waals surface area (Å²) in [4.78, 5) is 0. The van der Waals surface area contributed by atoms with Crippen LogP contribution in [0.1, 0.15) is 124 Å². The average Bonchev–Trinajstić information content (AvgIpc) is 2.50. The van der Waals surface area contributed by atoms with E-state index in [1.807, 2.05) is 0 Å². The van der Waals surface area contributed by atoms with Gasteiger partial charge in [-0.05, 0) is 11.0 Å². The third-order valence-electron chi connectivity index (χ3n) is 5.42. The van der Waals surface area contributed by atoms with Crippen LogP contribution in [0, 0.1) is 5.41 Å². The van der Waals surface area contributed by atoms with E-state index in [4.69, 9.17) is 5.40 Å². The lowest BCUT2D eigenvalue weighted by Gasteiger charge is -2.29. The summed E-state index contributed by atoms with van der Waals surface area (Å²) in [5, 5.41) is 6.05. The Kier molecular flexibility index (Phi) is 15.8. The van der Waals surface area contributed by atoms with Crippen LogP contribution < -0.4 is 5.40 Å². The molecule has 0 aliphatic heterocycles. The van der Waals surface area contributed by atoms with Crippen molar-refractivity contribution in [1.82, 2.24) is 0 Å². The Labute approximate surface area is 150 Å². The van der Waals surface area contributed by atoms with Crippen LogP contribution in [0.5, 0.6) is 0 Å². The van der Waals surface area contributed by atoms with Crippen molar-refractivity contribution in [1.29, 1.82) is 0 Å². The second-order valence-electron chi connectivity index (χ2n) is 8.68. The smallest absolute Gasteiger partial charge is 0.0924 e. The molecule has 0 aliphatic carbocycles. The summed E-state index contributed by atoms with van der Waals surface area (Å²) in [6.45, 7) is 9.38. The summed E-state index contributed by atoms with van der Waals surface area (Å²) in [7, 11) is -0.339. The third-order valence-corrected chi connectivity index (χ3v) is 7.62. The molecular weight excluding hydrogens is 294 g/mol. The van der Waals surface area contributed by atoms with Crippen LogP contribution in [-0.2, 0) is 0 Å². The first-order valence-electron chi connectivity index (χ1n) is 10.7. The van der Waals surface area contributed by atoms with Gasteiger partial charge < -0.3 is 5.40 Å². The molecule has 1 unspecified atom stereocenters. The first kappa shape index (κ1) is 23.2. The molecule has 0 bridgehead atoms. The van der Waals surface area contributed by atoms with Gasteiger partial charge >= 0.3 is 0 Å². The summed E-state index contributed by atoms with van der Waals surface area (Å²) in [6.07, 6.45) is 21.7. The molecule has 0 spiro atoms. The van der Waals surface area contributed by atoms with Crippen molar-refractivity contribution in [2.75, 3.05) is 0 Å². The lowest BCUT2D eigenvalue weighted by molar-refractivity contribution is 0.353. The third kappa shape index (κ3) is 15.4. The highest BCUT2D eigenvalue weighted by Gasteiger charge is 2.22. The second kappa shape index (κ2) is 15.7. The van der Waals surface area contributed by atoms with E-state index in [1.54, 1.807) is 0 Å². The second-order valence-corrected chi connectivity index (χ2v) is 10.1. The Hall–Kier alpha value is 0.177. The largest absolute Gasteiger partial charge is 0.355 e. The van der Waals surface area contributed by atoms with Gasteiger partial charge in [0.05, 0.1) is 9.68 Å². The highest BCUT2D eigenvalue weighted by Crippen LogP contribution is 2.34. The maximum absolute atomic E-state index is 6.05. The van der Waals surface area contributed by atoms with Gasteiger partial charge in [-0.25, -0.2) is 0 Å². The van der Waals surface area contributed by atoms with Crippen LogP contribution >= 0.6 is 0 Å². The van der Waals surface area contributed by atoms with Gasteiger partial charge in [-0.2, -0.15) is 0 Å². The lowest BCUT2D eigenvalue weighted by Crippen LogP contribution is -2.25. The predicted octanol–water partition coefficient (Wildman–Crippen LogP) is 6.73. The molecule has 0 rings (SSSR count). The van der Waals surface area contributed by atoms with Crippen molar-refractivity contribution >= 4 is 9.68 Å². The summed E-state index contributed by atoms with van der Waals surface area (Å²) < 4.78 is 0. The van der Waals surface area contributed by atoms with Crippen molar-refractivity contribution in [3.63, 3.8) is 0 Å². The van der Waals surface area contributed by atoms with Gasteiger partial charge in [0.2, 0.25) is 0 Å². The monoisotopic (exact) mass is 341 g/mol. The van der Waals surface area contributed by atoms with E-state index in [0.717, 1.165) is 5.54 Å². The van der Waals surface area contributed by atoms with Gasteiger partial charge in [0.15, 0.2) is 0 Å². The zero-order chi connectivity index (χ0) is 17.4. The van der Waals surface area contributed by atoms with Gasteiger partial charge in [-0.1, -0.05) is 124 Å². The van der Waals surface area contributed by atoms with Gasteiger partial charge in [-0.15, -0.1) is 0 Å². The Bertz CT molecular complexity index is 234. The summed E-state index contributed by atoms with van der Waals surface area (Å²) in [6, 6.07) is 0. The van der Waals surface area contributed by atoms with Crippen LogP contribution in [0.4, 0.5) is 0 Å². The van der Waals surface area contributed by atoms with Crippen molar-refractivity contribution in [3.8, 4) is 0 Å². The molecule has 0 aliphatic rings. The maximum atomic E-state index is 6.05. The summed E-state index contributed by atoms with van der Waals surface area (Å²) >= 11 is 0. The minimum Gasteiger partial charge on any atom is -0.355 e. The topological polar surface area (TPSA) is 26.0 Å². The highest BCUT2D eigenvalue weighted by molar-refractivity contribution is 6.33. The molecule has 2 N–H and O–H groups in total. The van der Waals surface area contributed by atoms with Crippen LogP contribution in [0.3, 0.4) is 0 Å². The number of nitrogens with two attached hydrogens (primary N) is 1. The van der Waals surface area contributed by atoms with Crippen LogP contribution in [0.25, 0.3) is 0 Å². The molecule has 0 amide bonds. The number of unbranched alkanes of at least 4 members (excludes halogenated alkanes) is 13. The zero-order valence-corrected chi connectivity index (χ0v) is 18.4.